The SMILES string of the molecule is COC(=O)Cc1cccc(-c2ccc3[nH]ncc3c2)c1C1CC1. The van der Waals surface area contributed by atoms with Gasteiger partial charge in [-0.25, -0.2) is 0 Å². The number of nitrogens with one attached hydrogen (secondary N) is 1. The van der Waals surface area contributed by atoms with Crippen LogP contribution in [0.2, 0.25) is 0 Å². The smallest absolute Gasteiger partial charge is 0.309 e. The number of aromatic nitrogens is 2. The number of methoxy groups -OCH3 is 1. The Bertz CT molecular complexity index is 878. The van der Waals surface area contributed by atoms with E-state index in [1.165, 1.54) is 36.6 Å². The number of aromatic amines is 1. The van der Waals surface area contributed by atoms with E-state index in [2.05, 4.69) is 34.5 Å². The maximum Gasteiger partial charge on any atom is 0.309 e. The summed E-state index contributed by atoms with van der Waals surface area (Å²) >= 11 is 0. The highest BCUT2D eigenvalue weighted by Crippen LogP contribution is 2.46. The molecule has 23 heavy (non-hydrogen) atoms. The molecule has 1 heterocycles. The van der Waals surface area contributed by atoms with Crippen molar-refractivity contribution in [3.8, 4) is 11.1 Å². The van der Waals surface area contributed by atoms with Gasteiger partial charge in [0.2, 0.25) is 0 Å². The minimum Gasteiger partial charge on any atom is -0.469 e. The number of ether oxygens (including phenoxy) is 1. The second-order valence-corrected chi connectivity index (χ2v) is 6.08. The molecule has 0 atom stereocenters. The number of carbonyl (C=O) groups excluding carboxylic acids is 1. The van der Waals surface area contributed by atoms with Crippen molar-refractivity contribution in [1.82, 2.24) is 10.2 Å². The number of esters is 1. The maximum atomic E-state index is 11.7. The fraction of sp³-hybridized carbons (Fsp3) is 0.263. The first kappa shape index (κ1) is 14.0. The van der Waals surface area contributed by atoms with Crippen molar-refractivity contribution >= 4 is 16.9 Å². The number of H-pyrrole nitrogens is 1. The number of fused-ring (bicyclic) bond motifs is 1. The number of hydrogen-bond donors (Lipinski definition) is 1. The second-order valence-electron chi connectivity index (χ2n) is 6.08. The highest BCUT2D eigenvalue weighted by molar-refractivity contribution is 5.85. The van der Waals surface area contributed by atoms with E-state index in [4.69, 9.17) is 4.74 Å². The predicted octanol–water partition coefficient (Wildman–Crippen LogP) is 3.82. The number of rotatable bonds is 4. The zero-order valence-corrected chi connectivity index (χ0v) is 13.0. The zero-order valence-electron chi connectivity index (χ0n) is 13.0. The van der Waals surface area contributed by atoms with Gasteiger partial charge in [-0.1, -0.05) is 24.3 Å². The summed E-state index contributed by atoms with van der Waals surface area (Å²) in [7, 11) is 1.44. The maximum absolute atomic E-state index is 11.7. The first-order chi connectivity index (χ1) is 11.3. The fourth-order valence-corrected chi connectivity index (χ4v) is 3.21. The molecule has 4 nitrogen and oxygen atoms in total. The van der Waals surface area contributed by atoms with Crippen LogP contribution in [0.25, 0.3) is 22.0 Å². The molecule has 0 amide bonds. The third-order valence-corrected chi connectivity index (χ3v) is 4.50. The summed E-state index contributed by atoms with van der Waals surface area (Å²) in [5, 5.41) is 8.17. The van der Waals surface area contributed by atoms with Gasteiger partial charge >= 0.3 is 5.97 Å². The molecule has 0 aliphatic heterocycles. The zero-order chi connectivity index (χ0) is 15.8. The Morgan fingerprint density at radius 2 is 2.17 bits per heavy atom. The molecule has 1 fully saturated rings. The van der Waals surface area contributed by atoms with Crippen LogP contribution in [0.15, 0.2) is 42.6 Å². The molecule has 1 aromatic heterocycles. The average Bonchev–Trinajstić information content (AvgIpc) is 3.30. The van der Waals surface area contributed by atoms with E-state index in [0.29, 0.717) is 12.3 Å². The molecule has 0 unspecified atom stereocenters. The topological polar surface area (TPSA) is 55.0 Å². The van der Waals surface area contributed by atoms with E-state index in [0.717, 1.165) is 16.5 Å². The first-order valence-electron chi connectivity index (χ1n) is 7.88. The molecule has 1 aliphatic carbocycles. The van der Waals surface area contributed by atoms with E-state index < -0.39 is 0 Å². The van der Waals surface area contributed by atoms with Gasteiger partial charge in [-0.2, -0.15) is 5.10 Å². The van der Waals surface area contributed by atoms with Crippen LogP contribution in [0.4, 0.5) is 0 Å². The molecule has 1 saturated carbocycles. The number of benzene rings is 2. The van der Waals surface area contributed by atoms with Gasteiger partial charge in [-0.05, 0) is 53.1 Å². The summed E-state index contributed by atoms with van der Waals surface area (Å²) in [5.74, 6) is 0.375. The van der Waals surface area contributed by atoms with E-state index in [9.17, 15) is 4.79 Å². The van der Waals surface area contributed by atoms with Gasteiger partial charge in [0.05, 0.1) is 25.2 Å². The largest absolute Gasteiger partial charge is 0.469 e. The van der Waals surface area contributed by atoms with E-state index >= 15 is 0 Å². The second kappa shape index (κ2) is 5.54. The lowest BCUT2D eigenvalue weighted by atomic mass is 9.90. The minimum absolute atomic E-state index is 0.186. The number of hydrogen-bond acceptors (Lipinski definition) is 3. The molecule has 0 radical (unpaired) electrons. The normalized spacial score (nSPS) is 14.1. The van der Waals surface area contributed by atoms with E-state index in [-0.39, 0.29) is 5.97 Å². The number of carbonyl (C=O) groups is 1. The summed E-state index contributed by atoms with van der Waals surface area (Å²) in [6.45, 7) is 0. The molecule has 1 N–H and O–H groups in total. The van der Waals surface area contributed by atoms with Gasteiger partial charge in [0, 0.05) is 5.39 Å². The van der Waals surface area contributed by atoms with Crippen LogP contribution in [0.5, 0.6) is 0 Å². The summed E-state index contributed by atoms with van der Waals surface area (Å²) < 4.78 is 4.85. The van der Waals surface area contributed by atoms with Crippen molar-refractivity contribution in [3.05, 3.63) is 53.7 Å². The highest BCUT2D eigenvalue weighted by atomic mass is 16.5. The van der Waals surface area contributed by atoms with Crippen LogP contribution < -0.4 is 0 Å². The van der Waals surface area contributed by atoms with Crippen LogP contribution >= 0.6 is 0 Å². The Labute approximate surface area is 134 Å². The molecule has 2 aromatic carbocycles. The lowest BCUT2D eigenvalue weighted by molar-refractivity contribution is -0.139. The van der Waals surface area contributed by atoms with Gasteiger partial charge in [0.25, 0.3) is 0 Å². The van der Waals surface area contributed by atoms with Crippen LogP contribution in [0.1, 0.15) is 29.9 Å². The first-order valence-corrected chi connectivity index (χ1v) is 7.88. The minimum atomic E-state index is -0.186. The Morgan fingerprint density at radius 3 is 2.96 bits per heavy atom. The quantitative estimate of drug-likeness (QED) is 0.745. The molecule has 4 heteroatoms. The number of nitrogens with zero attached hydrogens (tertiary/aromatic N) is 1. The molecule has 0 spiro atoms. The Kier molecular flexibility index (Phi) is 3.37. The van der Waals surface area contributed by atoms with Gasteiger partial charge in [-0.3, -0.25) is 9.89 Å². The van der Waals surface area contributed by atoms with Gasteiger partial charge in [-0.15, -0.1) is 0 Å². The third-order valence-electron chi connectivity index (χ3n) is 4.50. The fourth-order valence-electron chi connectivity index (χ4n) is 3.21. The van der Waals surface area contributed by atoms with Crippen molar-refractivity contribution in [3.63, 3.8) is 0 Å². The molecule has 4 rings (SSSR count). The van der Waals surface area contributed by atoms with Gasteiger partial charge < -0.3 is 4.74 Å². The van der Waals surface area contributed by atoms with Crippen LogP contribution in [0.3, 0.4) is 0 Å². The molecule has 116 valence electrons. The van der Waals surface area contributed by atoms with Gasteiger partial charge in [0.1, 0.15) is 0 Å². The molecular weight excluding hydrogens is 288 g/mol. The summed E-state index contributed by atoms with van der Waals surface area (Å²) in [6, 6.07) is 12.5. The lowest BCUT2D eigenvalue weighted by Crippen LogP contribution is -2.07. The molecule has 1 aliphatic rings. The molecule has 0 saturated heterocycles. The van der Waals surface area contributed by atoms with Crippen molar-refractivity contribution in [2.45, 2.75) is 25.2 Å². The molecule has 0 bridgehead atoms. The predicted molar refractivity (Wildman–Crippen MR) is 89.2 cm³/mol. The van der Waals surface area contributed by atoms with Crippen molar-refractivity contribution < 1.29 is 9.53 Å². The Morgan fingerprint density at radius 1 is 1.30 bits per heavy atom. The molecule has 3 aromatic rings. The highest BCUT2D eigenvalue weighted by Gasteiger charge is 2.29. The van der Waals surface area contributed by atoms with E-state index in [1.54, 1.807) is 0 Å². The lowest BCUT2D eigenvalue weighted by Gasteiger charge is -2.14. The van der Waals surface area contributed by atoms with Crippen molar-refractivity contribution in [2.75, 3.05) is 7.11 Å². The van der Waals surface area contributed by atoms with Crippen LogP contribution in [0, 0.1) is 0 Å². The van der Waals surface area contributed by atoms with Crippen LogP contribution in [-0.2, 0) is 16.0 Å². The average molecular weight is 306 g/mol. The standard InChI is InChI=1S/C19H18N2O2/c1-23-18(22)10-14-3-2-4-16(19(14)12-5-6-12)13-7-8-17-15(9-13)11-20-21-17/h2-4,7-9,11-12H,5-6,10H2,1H3,(H,20,21). The molecular formula is C19H18N2O2. The van der Waals surface area contributed by atoms with Gasteiger partial charge in [0.15, 0.2) is 0 Å². The van der Waals surface area contributed by atoms with Crippen LogP contribution in [-0.4, -0.2) is 23.3 Å². The Hall–Kier alpha value is -2.62. The van der Waals surface area contributed by atoms with E-state index in [1.807, 2.05) is 18.3 Å². The van der Waals surface area contributed by atoms with Crippen molar-refractivity contribution in [1.29, 1.82) is 0 Å². The van der Waals surface area contributed by atoms with Crippen molar-refractivity contribution in [2.24, 2.45) is 0 Å². The third kappa shape index (κ3) is 2.61. The summed E-state index contributed by atoms with van der Waals surface area (Å²) in [5.41, 5.74) is 5.82. The summed E-state index contributed by atoms with van der Waals surface area (Å²) in [6.07, 6.45) is 4.57. The Balaban J connectivity index is 1.83. The summed E-state index contributed by atoms with van der Waals surface area (Å²) in [4.78, 5) is 11.7. The monoisotopic (exact) mass is 306 g/mol.